The highest BCUT2D eigenvalue weighted by molar-refractivity contribution is 5.19. The van der Waals surface area contributed by atoms with Crippen molar-refractivity contribution < 1.29 is 14.6 Å². The van der Waals surface area contributed by atoms with Gasteiger partial charge in [0.15, 0.2) is 0 Å². The third-order valence-electron chi connectivity index (χ3n) is 3.07. The SMILES string of the molecule is CCC(CC)C(O)C(O)c1ccc(F)cc1. The Morgan fingerprint density at radius 1 is 1.06 bits per heavy atom. The lowest BCUT2D eigenvalue weighted by Gasteiger charge is -2.25. The molecule has 0 aliphatic carbocycles. The van der Waals surface area contributed by atoms with Crippen LogP contribution in [0.3, 0.4) is 0 Å². The predicted octanol–water partition coefficient (Wildman–Crippen LogP) is 2.66. The van der Waals surface area contributed by atoms with Gasteiger partial charge in [-0.25, -0.2) is 4.39 Å². The molecule has 0 aliphatic heterocycles. The molecule has 0 saturated heterocycles. The molecule has 0 saturated carbocycles. The first kappa shape index (κ1) is 13.1. The van der Waals surface area contributed by atoms with Crippen molar-refractivity contribution in [2.75, 3.05) is 0 Å². The maximum absolute atomic E-state index is 12.7. The third kappa shape index (κ3) is 3.03. The second kappa shape index (κ2) is 5.97. The Morgan fingerprint density at radius 3 is 2.00 bits per heavy atom. The first-order chi connectivity index (χ1) is 7.60. The van der Waals surface area contributed by atoms with Crippen LogP contribution in [0, 0.1) is 11.7 Å². The molecule has 2 nitrogen and oxygen atoms in total. The second-order valence-corrected chi connectivity index (χ2v) is 4.06. The van der Waals surface area contributed by atoms with Crippen molar-refractivity contribution in [1.82, 2.24) is 0 Å². The molecular formula is C13H19FO2. The van der Waals surface area contributed by atoms with Crippen molar-refractivity contribution in [3.8, 4) is 0 Å². The molecule has 0 spiro atoms. The minimum absolute atomic E-state index is 0.0695. The molecule has 1 rings (SSSR count). The third-order valence-corrected chi connectivity index (χ3v) is 3.07. The Balaban J connectivity index is 2.76. The summed E-state index contributed by atoms with van der Waals surface area (Å²) in [5.74, 6) is -0.270. The van der Waals surface area contributed by atoms with Crippen molar-refractivity contribution in [1.29, 1.82) is 0 Å². The van der Waals surface area contributed by atoms with Crippen LogP contribution in [-0.2, 0) is 0 Å². The number of rotatable bonds is 5. The van der Waals surface area contributed by atoms with Gasteiger partial charge in [-0.3, -0.25) is 0 Å². The van der Waals surface area contributed by atoms with Crippen LogP contribution in [0.5, 0.6) is 0 Å². The van der Waals surface area contributed by atoms with Gasteiger partial charge in [-0.05, 0) is 23.6 Å². The standard InChI is InChI=1S/C13H19FO2/c1-3-9(4-2)12(15)13(16)10-5-7-11(14)8-6-10/h5-9,12-13,15-16H,3-4H2,1-2H3. The van der Waals surface area contributed by atoms with Crippen LogP contribution in [-0.4, -0.2) is 16.3 Å². The number of aliphatic hydroxyl groups is 2. The number of benzene rings is 1. The van der Waals surface area contributed by atoms with E-state index in [1.165, 1.54) is 24.3 Å². The van der Waals surface area contributed by atoms with E-state index in [4.69, 9.17) is 0 Å². The minimum atomic E-state index is -0.939. The van der Waals surface area contributed by atoms with Crippen LogP contribution in [0.25, 0.3) is 0 Å². The van der Waals surface area contributed by atoms with Crippen molar-refractivity contribution >= 4 is 0 Å². The molecule has 2 N–H and O–H groups in total. The molecule has 16 heavy (non-hydrogen) atoms. The predicted molar refractivity (Wildman–Crippen MR) is 61.4 cm³/mol. The molecule has 2 unspecified atom stereocenters. The van der Waals surface area contributed by atoms with E-state index < -0.39 is 12.2 Å². The fourth-order valence-electron chi connectivity index (χ4n) is 1.89. The van der Waals surface area contributed by atoms with Gasteiger partial charge in [-0.15, -0.1) is 0 Å². The summed E-state index contributed by atoms with van der Waals surface area (Å²) in [5.41, 5.74) is 0.556. The Labute approximate surface area is 95.7 Å². The first-order valence-corrected chi connectivity index (χ1v) is 5.71. The highest BCUT2D eigenvalue weighted by Gasteiger charge is 2.24. The summed E-state index contributed by atoms with van der Waals surface area (Å²) in [4.78, 5) is 0. The monoisotopic (exact) mass is 226 g/mol. The molecule has 3 heteroatoms. The van der Waals surface area contributed by atoms with Gasteiger partial charge >= 0.3 is 0 Å². The topological polar surface area (TPSA) is 40.5 Å². The number of hydrogen-bond acceptors (Lipinski definition) is 2. The highest BCUT2D eigenvalue weighted by Crippen LogP contribution is 2.25. The van der Waals surface area contributed by atoms with Crippen LogP contribution in [0.4, 0.5) is 4.39 Å². The molecule has 0 radical (unpaired) electrons. The van der Waals surface area contributed by atoms with E-state index in [0.717, 1.165) is 12.8 Å². The Bertz CT molecular complexity index is 306. The summed E-state index contributed by atoms with van der Waals surface area (Å²) >= 11 is 0. The Kier molecular flexibility index (Phi) is 4.90. The number of halogens is 1. The van der Waals surface area contributed by atoms with Crippen LogP contribution in [0.1, 0.15) is 38.4 Å². The van der Waals surface area contributed by atoms with Crippen molar-refractivity contribution in [2.45, 2.75) is 38.9 Å². The summed E-state index contributed by atoms with van der Waals surface area (Å²) in [7, 11) is 0. The molecule has 2 atom stereocenters. The second-order valence-electron chi connectivity index (χ2n) is 4.06. The van der Waals surface area contributed by atoms with E-state index in [1.54, 1.807) is 0 Å². The minimum Gasteiger partial charge on any atom is -0.390 e. The lowest BCUT2D eigenvalue weighted by atomic mass is 9.90. The first-order valence-electron chi connectivity index (χ1n) is 5.71. The van der Waals surface area contributed by atoms with Gasteiger partial charge in [0.2, 0.25) is 0 Å². The number of aliphatic hydroxyl groups excluding tert-OH is 2. The quantitative estimate of drug-likeness (QED) is 0.810. The average molecular weight is 226 g/mol. The van der Waals surface area contributed by atoms with E-state index >= 15 is 0 Å². The van der Waals surface area contributed by atoms with E-state index in [2.05, 4.69) is 0 Å². The summed E-state index contributed by atoms with van der Waals surface area (Å²) in [5, 5.41) is 19.9. The van der Waals surface area contributed by atoms with Gasteiger partial charge in [0, 0.05) is 0 Å². The maximum atomic E-state index is 12.7. The van der Waals surface area contributed by atoms with Crippen molar-refractivity contribution in [2.24, 2.45) is 5.92 Å². The summed E-state index contributed by atoms with van der Waals surface area (Å²) in [6, 6.07) is 5.59. The Morgan fingerprint density at radius 2 is 1.56 bits per heavy atom. The highest BCUT2D eigenvalue weighted by atomic mass is 19.1. The molecule has 1 aromatic rings. The molecular weight excluding hydrogens is 207 g/mol. The Hall–Kier alpha value is -0.930. The number of hydrogen-bond donors (Lipinski definition) is 2. The smallest absolute Gasteiger partial charge is 0.123 e. The average Bonchev–Trinajstić information content (AvgIpc) is 2.30. The van der Waals surface area contributed by atoms with E-state index in [9.17, 15) is 14.6 Å². The lowest BCUT2D eigenvalue weighted by Crippen LogP contribution is -2.27. The van der Waals surface area contributed by atoms with Gasteiger partial charge in [-0.1, -0.05) is 38.8 Å². The van der Waals surface area contributed by atoms with E-state index in [1.807, 2.05) is 13.8 Å². The molecule has 1 aromatic carbocycles. The fourth-order valence-corrected chi connectivity index (χ4v) is 1.89. The largest absolute Gasteiger partial charge is 0.390 e. The van der Waals surface area contributed by atoms with Crippen LogP contribution >= 0.6 is 0 Å². The van der Waals surface area contributed by atoms with Crippen LogP contribution < -0.4 is 0 Å². The zero-order valence-corrected chi connectivity index (χ0v) is 9.73. The van der Waals surface area contributed by atoms with Crippen LogP contribution in [0.2, 0.25) is 0 Å². The van der Waals surface area contributed by atoms with Gasteiger partial charge < -0.3 is 10.2 Å². The maximum Gasteiger partial charge on any atom is 0.123 e. The molecule has 0 amide bonds. The lowest BCUT2D eigenvalue weighted by molar-refractivity contribution is -0.0209. The molecule has 0 fully saturated rings. The molecule has 0 aliphatic rings. The van der Waals surface area contributed by atoms with Gasteiger partial charge in [0.05, 0.1) is 6.10 Å². The zero-order chi connectivity index (χ0) is 12.1. The molecule has 90 valence electrons. The van der Waals surface area contributed by atoms with Crippen molar-refractivity contribution in [3.05, 3.63) is 35.6 Å². The normalized spacial score (nSPS) is 15.1. The van der Waals surface area contributed by atoms with Gasteiger partial charge in [-0.2, -0.15) is 0 Å². The van der Waals surface area contributed by atoms with E-state index in [-0.39, 0.29) is 11.7 Å². The molecule has 0 heterocycles. The summed E-state index contributed by atoms with van der Waals surface area (Å²) in [6.07, 6.45) is -0.0998. The van der Waals surface area contributed by atoms with Crippen molar-refractivity contribution in [3.63, 3.8) is 0 Å². The van der Waals surface area contributed by atoms with E-state index in [0.29, 0.717) is 5.56 Å². The van der Waals surface area contributed by atoms with Gasteiger partial charge in [0.1, 0.15) is 11.9 Å². The molecule has 0 bridgehead atoms. The summed E-state index contributed by atoms with van der Waals surface area (Å²) in [6.45, 7) is 3.96. The molecule has 0 aromatic heterocycles. The summed E-state index contributed by atoms with van der Waals surface area (Å²) < 4.78 is 12.7. The zero-order valence-electron chi connectivity index (χ0n) is 9.73. The van der Waals surface area contributed by atoms with Crippen LogP contribution in [0.15, 0.2) is 24.3 Å². The fraction of sp³-hybridized carbons (Fsp3) is 0.538. The van der Waals surface area contributed by atoms with Gasteiger partial charge in [0.25, 0.3) is 0 Å².